The van der Waals surface area contributed by atoms with Crippen LogP contribution in [0.4, 0.5) is 0 Å². The Morgan fingerprint density at radius 3 is 3.00 bits per heavy atom. The summed E-state index contributed by atoms with van der Waals surface area (Å²) in [7, 11) is 0. The van der Waals surface area contributed by atoms with E-state index in [2.05, 4.69) is 31.1 Å². The zero-order valence-electron chi connectivity index (χ0n) is 10.2. The van der Waals surface area contributed by atoms with E-state index < -0.39 is 0 Å². The highest BCUT2D eigenvalue weighted by atomic mass is 32.1. The largest absolute Gasteiger partial charge is 0.377 e. The first-order valence-corrected chi connectivity index (χ1v) is 6.82. The Labute approximate surface area is 101 Å². The summed E-state index contributed by atoms with van der Waals surface area (Å²) in [6.07, 6.45) is 4.48. The monoisotopic (exact) mass is 240 g/mol. The number of nitrogens with one attached hydrogen (secondary N) is 1. The molecule has 2 heterocycles. The number of hydrogen-bond acceptors (Lipinski definition) is 4. The normalized spacial score (nSPS) is 27.2. The van der Waals surface area contributed by atoms with Crippen LogP contribution in [0.15, 0.2) is 6.20 Å². The number of nitrogens with zero attached hydrogens (tertiary/aromatic N) is 1. The van der Waals surface area contributed by atoms with Gasteiger partial charge in [-0.15, -0.1) is 11.3 Å². The topological polar surface area (TPSA) is 34.1 Å². The number of aromatic nitrogens is 1. The third-order valence-corrected chi connectivity index (χ3v) is 4.16. The van der Waals surface area contributed by atoms with Gasteiger partial charge in [0.2, 0.25) is 0 Å². The number of aryl methyl sites for hydroxylation is 1. The van der Waals surface area contributed by atoms with Gasteiger partial charge >= 0.3 is 0 Å². The van der Waals surface area contributed by atoms with E-state index in [-0.39, 0.29) is 0 Å². The molecule has 2 rings (SSSR count). The van der Waals surface area contributed by atoms with E-state index in [1.165, 1.54) is 9.88 Å². The van der Waals surface area contributed by atoms with Gasteiger partial charge in [-0.1, -0.05) is 6.92 Å². The molecular weight excluding hydrogens is 220 g/mol. The predicted molar refractivity (Wildman–Crippen MR) is 66.8 cm³/mol. The first-order valence-electron chi connectivity index (χ1n) is 6.00. The lowest BCUT2D eigenvalue weighted by Gasteiger charge is -2.22. The van der Waals surface area contributed by atoms with E-state index in [0.29, 0.717) is 18.2 Å². The van der Waals surface area contributed by atoms with Crippen LogP contribution in [-0.2, 0) is 4.74 Å². The van der Waals surface area contributed by atoms with Gasteiger partial charge in [0, 0.05) is 23.7 Å². The van der Waals surface area contributed by atoms with Crippen LogP contribution in [0.3, 0.4) is 0 Å². The molecule has 90 valence electrons. The van der Waals surface area contributed by atoms with Crippen molar-refractivity contribution in [1.82, 2.24) is 10.3 Å². The van der Waals surface area contributed by atoms with E-state index in [0.717, 1.165) is 19.4 Å². The van der Waals surface area contributed by atoms with Crippen LogP contribution in [-0.4, -0.2) is 23.7 Å². The Morgan fingerprint density at radius 1 is 1.69 bits per heavy atom. The van der Waals surface area contributed by atoms with Crippen molar-refractivity contribution in [2.24, 2.45) is 0 Å². The van der Waals surface area contributed by atoms with Gasteiger partial charge in [0.1, 0.15) is 5.01 Å². The van der Waals surface area contributed by atoms with Gasteiger partial charge in [-0.05, 0) is 26.7 Å². The molecule has 3 nitrogen and oxygen atoms in total. The highest BCUT2D eigenvalue weighted by Crippen LogP contribution is 2.25. The third-order valence-electron chi connectivity index (χ3n) is 3.14. The van der Waals surface area contributed by atoms with Crippen molar-refractivity contribution in [3.05, 3.63) is 16.1 Å². The minimum Gasteiger partial charge on any atom is -0.377 e. The van der Waals surface area contributed by atoms with Crippen LogP contribution in [0.1, 0.15) is 42.6 Å². The average Bonchev–Trinajstić information content (AvgIpc) is 2.85. The minimum atomic E-state index is 0.329. The van der Waals surface area contributed by atoms with Gasteiger partial charge in [-0.3, -0.25) is 0 Å². The first kappa shape index (κ1) is 12.0. The maximum Gasteiger partial charge on any atom is 0.110 e. The van der Waals surface area contributed by atoms with Crippen LogP contribution in [0.2, 0.25) is 0 Å². The summed E-state index contributed by atoms with van der Waals surface area (Å²) in [4.78, 5) is 5.75. The molecule has 3 atom stereocenters. The fourth-order valence-corrected chi connectivity index (χ4v) is 3.02. The molecule has 1 aliphatic heterocycles. The Morgan fingerprint density at radius 2 is 2.50 bits per heavy atom. The molecule has 1 fully saturated rings. The number of thiazole rings is 1. The number of ether oxygens (including phenoxy) is 1. The molecule has 1 N–H and O–H groups in total. The van der Waals surface area contributed by atoms with Crippen molar-refractivity contribution in [3.8, 4) is 0 Å². The Kier molecular flexibility index (Phi) is 3.95. The predicted octanol–water partition coefficient (Wildman–Crippen LogP) is 2.67. The van der Waals surface area contributed by atoms with Gasteiger partial charge in [0.05, 0.1) is 12.1 Å². The molecule has 3 unspecified atom stereocenters. The SMILES string of the molecule is CCC(NC1CCOC1C)c1ncc(C)s1. The molecular formula is C12H20N2OS. The lowest BCUT2D eigenvalue weighted by molar-refractivity contribution is 0.110. The number of hydrogen-bond donors (Lipinski definition) is 1. The summed E-state index contributed by atoms with van der Waals surface area (Å²) < 4.78 is 5.57. The number of rotatable bonds is 4. The van der Waals surface area contributed by atoms with E-state index >= 15 is 0 Å². The second kappa shape index (κ2) is 5.25. The van der Waals surface area contributed by atoms with Crippen molar-refractivity contribution in [2.75, 3.05) is 6.61 Å². The maximum absolute atomic E-state index is 5.57. The Bertz CT molecular complexity index is 340. The quantitative estimate of drug-likeness (QED) is 0.878. The molecule has 1 aliphatic rings. The molecule has 16 heavy (non-hydrogen) atoms. The van der Waals surface area contributed by atoms with Gasteiger partial charge in [-0.2, -0.15) is 0 Å². The van der Waals surface area contributed by atoms with Gasteiger partial charge in [-0.25, -0.2) is 4.98 Å². The molecule has 0 amide bonds. The van der Waals surface area contributed by atoms with E-state index in [1.54, 1.807) is 11.3 Å². The Hall–Kier alpha value is -0.450. The molecule has 1 aromatic rings. The van der Waals surface area contributed by atoms with Gasteiger partial charge in [0.15, 0.2) is 0 Å². The lowest BCUT2D eigenvalue weighted by Crippen LogP contribution is -2.37. The van der Waals surface area contributed by atoms with E-state index in [1.807, 2.05) is 6.20 Å². The third kappa shape index (κ3) is 2.62. The summed E-state index contributed by atoms with van der Waals surface area (Å²) in [6.45, 7) is 7.33. The zero-order valence-corrected chi connectivity index (χ0v) is 11.0. The second-order valence-corrected chi connectivity index (χ2v) is 5.67. The van der Waals surface area contributed by atoms with E-state index in [9.17, 15) is 0 Å². The molecule has 1 aromatic heterocycles. The molecule has 0 radical (unpaired) electrons. The van der Waals surface area contributed by atoms with Crippen molar-refractivity contribution >= 4 is 11.3 Å². The van der Waals surface area contributed by atoms with Crippen molar-refractivity contribution < 1.29 is 4.74 Å². The molecule has 0 saturated carbocycles. The van der Waals surface area contributed by atoms with Crippen molar-refractivity contribution in [3.63, 3.8) is 0 Å². The lowest BCUT2D eigenvalue weighted by atomic mass is 10.1. The minimum absolute atomic E-state index is 0.329. The summed E-state index contributed by atoms with van der Waals surface area (Å²) >= 11 is 1.79. The first-order chi connectivity index (χ1) is 7.70. The van der Waals surface area contributed by atoms with Crippen LogP contribution in [0.5, 0.6) is 0 Å². The Balaban J connectivity index is 2.00. The smallest absolute Gasteiger partial charge is 0.110 e. The summed E-state index contributed by atoms with van der Waals surface area (Å²) in [5, 5.41) is 4.88. The molecule has 0 spiro atoms. The van der Waals surface area contributed by atoms with Gasteiger partial charge < -0.3 is 10.1 Å². The molecule has 0 aliphatic carbocycles. The van der Waals surface area contributed by atoms with Crippen LogP contribution in [0, 0.1) is 6.92 Å². The standard InChI is InChI=1S/C12H20N2OS/c1-4-10(12-13-7-8(2)16-12)14-11-5-6-15-9(11)3/h7,9-11,14H,4-6H2,1-3H3. The maximum atomic E-state index is 5.57. The fraction of sp³-hybridized carbons (Fsp3) is 0.750. The van der Waals surface area contributed by atoms with Crippen LogP contribution < -0.4 is 5.32 Å². The second-order valence-electron chi connectivity index (χ2n) is 4.41. The highest BCUT2D eigenvalue weighted by Gasteiger charge is 2.27. The van der Waals surface area contributed by atoms with Crippen LogP contribution in [0.25, 0.3) is 0 Å². The highest BCUT2D eigenvalue weighted by molar-refractivity contribution is 7.11. The zero-order chi connectivity index (χ0) is 11.5. The van der Waals surface area contributed by atoms with Crippen molar-refractivity contribution in [1.29, 1.82) is 0 Å². The summed E-state index contributed by atoms with van der Waals surface area (Å²) in [5.74, 6) is 0. The molecule has 0 bridgehead atoms. The molecule has 0 aromatic carbocycles. The van der Waals surface area contributed by atoms with Gasteiger partial charge in [0.25, 0.3) is 0 Å². The molecule has 1 saturated heterocycles. The van der Waals surface area contributed by atoms with Crippen LogP contribution >= 0.6 is 11.3 Å². The molecule has 4 heteroatoms. The summed E-state index contributed by atoms with van der Waals surface area (Å²) in [5.41, 5.74) is 0. The van der Waals surface area contributed by atoms with Crippen molar-refractivity contribution in [2.45, 2.75) is 51.8 Å². The van der Waals surface area contributed by atoms with E-state index in [4.69, 9.17) is 4.74 Å². The fourth-order valence-electron chi connectivity index (χ4n) is 2.11. The average molecular weight is 240 g/mol. The summed E-state index contributed by atoms with van der Waals surface area (Å²) in [6, 6.07) is 0.863.